The molecule has 0 aromatic heterocycles. The quantitative estimate of drug-likeness (QED) is 0.348. The van der Waals surface area contributed by atoms with E-state index in [4.69, 9.17) is 13.3 Å². The van der Waals surface area contributed by atoms with E-state index in [9.17, 15) is 0 Å². The molecule has 4 nitrogen and oxygen atoms in total. The number of hydrogen-bond donors (Lipinski definition) is 2. The minimum absolute atomic E-state index is 0. The molecule has 0 bridgehead atoms. The average Bonchev–Trinajstić information content (AvgIpc) is 0.811. The van der Waals surface area contributed by atoms with Crippen molar-refractivity contribution in [2.24, 2.45) is 0 Å². The Morgan fingerprint density at radius 1 is 1.29 bits per heavy atom. The molecule has 0 heterocycles. The van der Waals surface area contributed by atoms with Gasteiger partial charge < -0.3 is 5.48 Å². The van der Waals surface area contributed by atoms with Crippen LogP contribution in [0.25, 0.3) is 0 Å². The van der Waals surface area contributed by atoms with E-state index in [1.165, 1.54) is 0 Å². The molecule has 0 spiro atoms. The van der Waals surface area contributed by atoms with Crippen LogP contribution < -0.4 is 0 Å². The SMILES string of the molecule is O.O=S(O)O.[NaH].[Zn]. The fraction of sp³-hybridized carbons (Fsp3) is 0. The van der Waals surface area contributed by atoms with Crippen molar-refractivity contribution < 1.29 is 38.3 Å². The maximum Gasteiger partial charge on any atom is 0 e. The summed E-state index contributed by atoms with van der Waals surface area (Å²) in [5.74, 6) is 0. The summed E-state index contributed by atoms with van der Waals surface area (Å²) in [7, 11) is 0. The smallest absolute Gasteiger partial charge is 0 e. The Morgan fingerprint density at radius 3 is 1.29 bits per heavy atom. The molecule has 38 valence electrons. The largest absolute Gasteiger partial charge is 0 e. The molecular weight excluding hydrogens is 184 g/mol. The molecule has 0 saturated heterocycles. The molecule has 0 atom stereocenters. The summed E-state index contributed by atoms with van der Waals surface area (Å²) >= 11 is -2.61. The van der Waals surface area contributed by atoms with E-state index in [0.717, 1.165) is 0 Å². The molecular formula is H5NaO4SZn. The van der Waals surface area contributed by atoms with Gasteiger partial charge in [0.25, 0.3) is 11.4 Å². The Bertz CT molecular complexity index is 34.7. The van der Waals surface area contributed by atoms with Gasteiger partial charge in [-0.15, -0.1) is 0 Å². The first-order valence-electron chi connectivity index (χ1n) is 0.532. The predicted molar refractivity (Wildman–Crippen MR) is 24.2 cm³/mol. The Labute approximate surface area is 78.5 Å². The standard InChI is InChI=1S/Na.H2O3S.H2O.Zn.H/c;1-4(2)3;;;/h;(H2,1,2,3);1H2;;. The van der Waals surface area contributed by atoms with Crippen molar-refractivity contribution in [3.05, 3.63) is 0 Å². The minimum atomic E-state index is -2.61. The maximum atomic E-state index is 8.67. The molecule has 7 heteroatoms. The van der Waals surface area contributed by atoms with E-state index in [1.54, 1.807) is 0 Å². The van der Waals surface area contributed by atoms with E-state index >= 15 is 0 Å². The Kier molecular flexibility index (Phi) is 52.3. The van der Waals surface area contributed by atoms with E-state index in [-0.39, 0.29) is 54.5 Å². The predicted octanol–water partition coefficient (Wildman–Crippen LogP) is -1.79. The van der Waals surface area contributed by atoms with Crippen LogP contribution in [0.3, 0.4) is 0 Å². The number of hydrogen-bond acceptors (Lipinski definition) is 1. The van der Waals surface area contributed by atoms with Crippen molar-refractivity contribution in [3.63, 3.8) is 0 Å². The van der Waals surface area contributed by atoms with Gasteiger partial charge in [0.1, 0.15) is 0 Å². The first-order valence-corrected chi connectivity index (χ1v) is 1.60. The van der Waals surface area contributed by atoms with Gasteiger partial charge in [-0.1, -0.05) is 0 Å². The molecule has 0 aliphatic carbocycles. The van der Waals surface area contributed by atoms with Crippen LogP contribution >= 0.6 is 0 Å². The molecule has 0 aromatic rings. The van der Waals surface area contributed by atoms with Crippen LogP contribution in [0.5, 0.6) is 0 Å². The second kappa shape index (κ2) is 15.6. The third-order valence-electron chi connectivity index (χ3n) is 0. The first kappa shape index (κ1) is 23.4. The van der Waals surface area contributed by atoms with Crippen molar-refractivity contribution in [2.75, 3.05) is 0 Å². The summed E-state index contributed by atoms with van der Waals surface area (Å²) < 4.78 is 22.8. The normalized spacial score (nSPS) is 5.00. The van der Waals surface area contributed by atoms with Crippen LogP contribution in [0.1, 0.15) is 0 Å². The van der Waals surface area contributed by atoms with Gasteiger partial charge in [-0.25, -0.2) is 0 Å². The fourth-order valence-corrected chi connectivity index (χ4v) is 0. The summed E-state index contributed by atoms with van der Waals surface area (Å²) in [5, 5.41) is 0. The molecule has 0 unspecified atom stereocenters. The molecule has 7 heavy (non-hydrogen) atoms. The summed E-state index contributed by atoms with van der Waals surface area (Å²) in [6, 6.07) is 0. The molecule has 0 saturated carbocycles. The van der Waals surface area contributed by atoms with Gasteiger partial charge in [0, 0.05) is 19.5 Å². The summed E-state index contributed by atoms with van der Waals surface area (Å²) in [6.45, 7) is 0. The zero-order chi connectivity index (χ0) is 3.58. The van der Waals surface area contributed by atoms with E-state index in [1.807, 2.05) is 0 Å². The second-order valence-electron chi connectivity index (χ2n) is 0.231. The summed E-state index contributed by atoms with van der Waals surface area (Å²) in [6.07, 6.45) is 0. The van der Waals surface area contributed by atoms with E-state index < -0.39 is 11.4 Å². The molecule has 0 aliphatic heterocycles. The Morgan fingerprint density at radius 2 is 1.29 bits per heavy atom. The van der Waals surface area contributed by atoms with Gasteiger partial charge in [0.2, 0.25) is 0 Å². The van der Waals surface area contributed by atoms with Crippen LogP contribution in [-0.4, -0.2) is 48.3 Å². The zero-order valence-corrected chi connectivity index (χ0v) is 6.70. The van der Waals surface area contributed by atoms with Gasteiger partial charge in [-0.3, -0.25) is 9.11 Å². The Hall–Kier alpha value is 1.65. The molecule has 4 N–H and O–H groups in total. The fourth-order valence-electron chi connectivity index (χ4n) is 0. The van der Waals surface area contributed by atoms with Crippen molar-refractivity contribution in [1.29, 1.82) is 0 Å². The third-order valence-corrected chi connectivity index (χ3v) is 0. The van der Waals surface area contributed by atoms with Gasteiger partial charge in [-0.05, 0) is 0 Å². The Balaban J connectivity index is -0.0000000150. The molecule has 0 amide bonds. The molecule has 0 rings (SSSR count). The van der Waals surface area contributed by atoms with Crippen molar-refractivity contribution >= 4 is 40.9 Å². The van der Waals surface area contributed by atoms with Crippen molar-refractivity contribution in [3.8, 4) is 0 Å². The molecule has 0 radical (unpaired) electrons. The van der Waals surface area contributed by atoms with E-state index in [0.29, 0.717) is 0 Å². The van der Waals surface area contributed by atoms with Crippen LogP contribution in [0.2, 0.25) is 0 Å². The molecule has 0 fully saturated rings. The monoisotopic (exact) mass is 188 g/mol. The zero-order valence-electron chi connectivity index (χ0n) is 2.92. The van der Waals surface area contributed by atoms with Crippen molar-refractivity contribution in [2.45, 2.75) is 0 Å². The van der Waals surface area contributed by atoms with Gasteiger partial charge in [0.05, 0.1) is 0 Å². The van der Waals surface area contributed by atoms with Crippen LogP contribution in [0.15, 0.2) is 0 Å². The number of rotatable bonds is 0. The maximum absolute atomic E-state index is 8.67. The average molecular weight is 189 g/mol. The summed E-state index contributed by atoms with van der Waals surface area (Å²) in [5.41, 5.74) is 0. The van der Waals surface area contributed by atoms with Gasteiger partial charge in [0.15, 0.2) is 0 Å². The minimum Gasteiger partial charge on any atom is 0 e. The van der Waals surface area contributed by atoms with Gasteiger partial charge >= 0.3 is 29.6 Å². The topological polar surface area (TPSA) is 89.0 Å². The van der Waals surface area contributed by atoms with Crippen LogP contribution in [-0.2, 0) is 30.8 Å². The molecule has 0 aromatic carbocycles. The van der Waals surface area contributed by atoms with Crippen LogP contribution in [0, 0.1) is 0 Å². The first-order chi connectivity index (χ1) is 1.73. The van der Waals surface area contributed by atoms with Crippen molar-refractivity contribution in [1.82, 2.24) is 0 Å². The second-order valence-corrected chi connectivity index (χ2v) is 0.692. The third kappa shape index (κ3) is 89.5. The van der Waals surface area contributed by atoms with E-state index in [2.05, 4.69) is 0 Å². The van der Waals surface area contributed by atoms with Gasteiger partial charge in [-0.2, -0.15) is 4.21 Å². The van der Waals surface area contributed by atoms with Crippen LogP contribution in [0.4, 0.5) is 0 Å². The summed E-state index contributed by atoms with van der Waals surface area (Å²) in [4.78, 5) is 0. The molecule has 0 aliphatic rings.